The molecular formula is C13H11BrO. The van der Waals surface area contributed by atoms with E-state index in [1.54, 1.807) is 0 Å². The molecule has 1 saturated carbocycles. The summed E-state index contributed by atoms with van der Waals surface area (Å²) in [7, 11) is 0. The van der Waals surface area contributed by atoms with Gasteiger partial charge in [0.25, 0.3) is 0 Å². The molecule has 1 aromatic rings. The maximum Gasteiger partial charge on any atom is 0.206 e. The Morgan fingerprint density at radius 2 is 2.27 bits per heavy atom. The number of hydrogen-bond donors (Lipinski definition) is 0. The van der Waals surface area contributed by atoms with Crippen molar-refractivity contribution < 1.29 is 4.79 Å². The zero-order valence-corrected chi connectivity index (χ0v) is 9.88. The Kier molecular flexibility index (Phi) is 3.23. The van der Waals surface area contributed by atoms with Crippen LogP contribution in [0.4, 0.5) is 0 Å². The topological polar surface area (TPSA) is 17.1 Å². The van der Waals surface area contributed by atoms with Gasteiger partial charge in [-0.15, -0.1) is 0 Å². The molecule has 0 amide bonds. The highest BCUT2D eigenvalue weighted by atomic mass is 79.9. The van der Waals surface area contributed by atoms with Crippen molar-refractivity contribution in [2.75, 3.05) is 0 Å². The van der Waals surface area contributed by atoms with Gasteiger partial charge in [-0.25, -0.2) is 0 Å². The van der Waals surface area contributed by atoms with Gasteiger partial charge in [-0.2, -0.15) is 0 Å². The van der Waals surface area contributed by atoms with Crippen molar-refractivity contribution >= 4 is 21.7 Å². The van der Waals surface area contributed by atoms with Crippen molar-refractivity contribution in [2.24, 2.45) is 5.92 Å². The molecule has 0 heterocycles. The van der Waals surface area contributed by atoms with E-state index in [2.05, 4.69) is 27.8 Å². The highest BCUT2D eigenvalue weighted by Crippen LogP contribution is 2.32. The van der Waals surface area contributed by atoms with Gasteiger partial charge in [0.15, 0.2) is 0 Å². The average Bonchev–Trinajstić information content (AvgIpc) is 2.99. The van der Waals surface area contributed by atoms with Crippen LogP contribution in [0.15, 0.2) is 28.7 Å². The normalized spacial score (nSPS) is 14.2. The van der Waals surface area contributed by atoms with E-state index in [4.69, 9.17) is 0 Å². The van der Waals surface area contributed by atoms with Gasteiger partial charge in [0.1, 0.15) is 0 Å². The molecule has 1 aliphatic rings. The van der Waals surface area contributed by atoms with Crippen LogP contribution in [-0.4, -0.2) is 5.78 Å². The lowest BCUT2D eigenvalue weighted by Gasteiger charge is -1.91. The number of carbonyl (C=O) groups is 1. The summed E-state index contributed by atoms with van der Waals surface area (Å²) in [5, 5.41) is 0. The van der Waals surface area contributed by atoms with Gasteiger partial charge in [0, 0.05) is 16.5 Å². The van der Waals surface area contributed by atoms with Crippen LogP contribution < -0.4 is 0 Å². The molecule has 0 spiro atoms. The van der Waals surface area contributed by atoms with Gasteiger partial charge >= 0.3 is 0 Å². The number of rotatable bonds is 2. The number of carbonyl (C=O) groups excluding carboxylic acids is 1. The Bertz CT molecular complexity index is 435. The summed E-state index contributed by atoms with van der Waals surface area (Å²) < 4.78 is 0.990. The van der Waals surface area contributed by atoms with Gasteiger partial charge < -0.3 is 0 Å². The third kappa shape index (κ3) is 3.53. The number of halogens is 1. The van der Waals surface area contributed by atoms with Crippen LogP contribution in [0.1, 0.15) is 24.8 Å². The molecule has 1 aromatic carbocycles. The predicted molar refractivity (Wildman–Crippen MR) is 63.4 cm³/mol. The number of Topliss-reactive ketones (excluding diaryl/α,β-unsaturated/α-hetero) is 1. The maximum atomic E-state index is 11.4. The molecule has 0 aliphatic heterocycles. The fourth-order valence-corrected chi connectivity index (χ4v) is 1.74. The first-order valence-corrected chi connectivity index (χ1v) is 5.84. The molecule has 0 atom stereocenters. The average molecular weight is 263 g/mol. The van der Waals surface area contributed by atoms with Crippen LogP contribution in [-0.2, 0) is 4.79 Å². The van der Waals surface area contributed by atoms with E-state index >= 15 is 0 Å². The monoisotopic (exact) mass is 262 g/mol. The largest absolute Gasteiger partial charge is 0.285 e. The molecular weight excluding hydrogens is 252 g/mol. The summed E-state index contributed by atoms with van der Waals surface area (Å²) >= 11 is 3.37. The Labute approximate surface area is 98.0 Å². The predicted octanol–water partition coefficient (Wildman–Crippen LogP) is 3.17. The van der Waals surface area contributed by atoms with Gasteiger partial charge in [-0.1, -0.05) is 27.9 Å². The quantitative estimate of drug-likeness (QED) is 0.749. The Hall–Kier alpha value is -1.07. The van der Waals surface area contributed by atoms with Crippen molar-refractivity contribution in [3.63, 3.8) is 0 Å². The molecule has 2 heteroatoms. The number of ketones is 1. The molecule has 76 valence electrons. The first-order valence-electron chi connectivity index (χ1n) is 5.04. The van der Waals surface area contributed by atoms with Crippen LogP contribution in [0.5, 0.6) is 0 Å². The third-order valence-corrected chi connectivity index (χ3v) is 2.84. The van der Waals surface area contributed by atoms with E-state index in [0.29, 0.717) is 12.3 Å². The van der Waals surface area contributed by atoms with E-state index in [1.807, 2.05) is 24.3 Å². The van der Waals surface area contributed by atoms with Crippen molar-refractivity contribution in [1.82, 2.24) is 0 Å². The number of hydrogen-bond acceptors (Lipinski definition) is 1. The lowest BCUT2D eigenvalue weighted by atomic mass is 10.2. The van der Waals surface area contributed by atoms with Gasteiger partial charge in [0.05, 0.1) is 0 Å². The van der Waals surface area contributed by atoms with Gasteiger partial charge in [0.2, 0.25) is 5.78 Å². The van der Waals surface area contributed by atoms with Crippen LogP contribution in [0.3, 0.4) is 0 Å². The zero-order chi connectivity index (χ0) is 10.7. The molecule has 0 radical (unpaired) electrons. The molecule has 0 N–H and O–H groups in total. The van der Waals surface area contributed by atoms with E-state index in [9.17, 15) is 4.79 Å². The minimum atomic E-state index is 0.0671. The summed E-state index contributed by atoms with van der Waals surface area (Å²) in [5.41, 5.74) is 0.883. The molecule has 0 unspecified atom stereocenters. The Morgan fingerprint density at radius 3 is 2.93 bits per heavy atom. The van der Waals surface area contributed by atoms with Gasteiger partial charge in [-0.3, -0.25) is 4.79 Å². The van der Waals surface area contributed by atoms with E-state index in [-0.39, 0.29) is 5.78 Å². The van der Waals surface area contributed by atoms with Crippen molar-refractivity contribution in [3.8, 4) is 11.8 Å². The smallest absolute Gasteiger partial charge is 0.206 e. The highest BCUT2D eigenvalue weighted by Gasteiger charge is 2.23. The molecule has 2 rings (SSSR count). The zero-order valence-electron chi connectivity index (χ0n) is 8.29. The molecule has 0 saturated heterocycles. The fraction of sp³-hybridized carbons (Fsp3) is 0.308. The Balaban J connectivity index is 2.00. The summed E-state index contributed by atoms with van der Waals surface area (Å²) in [6, 6.07) is 7.68. The molecule has 1 aliphatic carbocycles. The van der Waals surface area contributed by atoms with Crippen LogP contribution in [0.25, 0.3) is 0 Å². The molecule has 15 heavy (non-hydrogen) atoms. The van der Waals surface area contributed by atoms with Crippen molar-refractivity contribution in [2.45, 2.75) is 19.3 Å². The third-order valence-electron chi connectivity index (χ3n) is 2.34. The second kappa shape index (κ2) is 4.63. The molecule has 1 fully saturated rings. The summed E-state index contributed by atoms with van der Waals surface area (Å²) in [6.45, 7) is 0. The molecule has 0 bridgehead atoms. The first kappa shape index (κ1) is 10.4. The maximum absolute atomic E-state index is 11.4. The fourth-order valence-electron chi connectivity index (χ4n) is 1.34. The SMILES string of the molecule is O=C(C#Cc1cccc(Br)c1)CC1CC1. The van der Waals surface area contributed by atoms with Gasteiger partial charge in [-0.05, 0) is 42.9 Å². The lowest BCUT2D eigenvalue weighted by Crippen LogP contribution is -1.93. The minimum Gasteiger partial charge on any atom is -0.285 e. The molecule has 0 aromatic heterocycles. The molecule has 1 nitrogen and oxygen atoms in total. The second-order valence-corrected chi connectivity index (χ2v) is 4.75. The summed E-state index contributed by atoms with van der Waals surface area (Å²) in [5.74, 6) is 6.26. The van der Waals surface area contributed by atoms with E-state index < -0.39 is 0 Å². The second-order valence-electron chi connectivity index (χ2n) is 3.83. The first-order chi connectivity index (χ1) is 7.24. The van der Waals surface area contributed by atoms with E-state index in [0.717, 1.165) is 10.0 Å². The van der Waals surface area contributed by atoms with Crippen molar-refractivity contribution in [1.29, 1.82) is 0 Å². The minimum absolute atomic E-state index is 0.0671. The Morgan fingerprint density at radius 1 is 1.47 bits per heavy atom. The van der Waals surface area contributed by atoms with E-state index in [1.165, 1.54) is 12.8 Å². The van der Waals surface area contributed by atoms with Crippen LogP contribution >= 0.6 is 15.9 Å². The lowest BCUT2D eigenvalue weighted by molar-refractivity contribution is -0.114. The summed E-state index contributed by atoms with van der Waals surface area (Å²) in [4.78, 5) is 11.4. The highest BCUT2D eigenvalue weighted by molar-refractivity contribution is 9.10. The summed E-state index contributed by atoms with van der Waals surface area (Å²) in [6.07, 6.45) is 3.04. The van der Waals surface area contributed by atoms with Crippen molar-refractivity contribution in [3.05, 3.63) is 34.3 Å². The van der Waals surface area contributed by atoms with Crippen LogP contribution in [0, 0.1) is 17.8 Å². The number of benzene rings is 1. The standard InChI is InChI=1S/C13H11BrO/c14-12-3-1-2-10(8-12)6-7-13(15)9-11-4-5-11/h1-3,8,11H,4-5,9H2. The van der Waals surface area contributed by atoms with Crippen LogP contribution in [0.2, 0.25) is 0 Å².